The number of carbonyl (C=O) groups is 2. The Bertz CT molecular complexity index is 1040. The number of benzene rings is 3. The number of carboxylic acid groups (broad SMARTS) is 1. The molecule has 3 aromatic carbocycles. The summed E-state index contributed by atoms with van der Waals surface area (Å²) in [7, 11) is 0. The van der Waals surface area contributed by atoms with Crippen molar-refractivity contribution in [3.8, 4) is 0 Å². The standard InChI is InChI=1S/C25H27NO3S2/c1-17-6-8-18(9-7-17)15-31-16-23(25(28)29)26-24(27)22(14-30)13-19-10-11-20-4-2-3-5-21(20)12-19/h2-12,22-23,30H,13-16H2,1H3,(H,26,27)(H,28,29)/t22?,23-/m0/s1. The molecule has 0 radical (unpaired) electrons. The highest BCUT2D eigenvalue weighted by Crippen LogP contribution is 2.19. The molecule has 0 aliphatic carbocycles. The van der Waals surface area contributed by atoms with Gasteiger partial charge in [0.2, 0.25) is 5.91 Å². The van der Waals surface area contributed by atoms with Crippen LogP contribution in [0.4, 0.5) is 0 Å². The third kappa shape index (κ3) is 6.77. The van der Waals surface area contributed by atoms with Gasteiger partial charge in [-0.05, 0) is 35.2 Å². The summed E-state index contributed by atoms with van der Waals surface area (Å²) in [5.74, 6) is -0.327. The summed E-state index contributed by atoms with van der Waals surface area (Å²) in [5.41, 5.74) is 3.36. The van der Waals surface area contributed by atoms with E-state index in [4.69, 9.17) is 0 Å². The van der Waals surface area contributed by atoms with E-state index in [-0.39, 0.29) is 5.91 Å². The van der Waals surface area contributed by atoms with E-state index in [9.17, 15) is 14.7 Å². The minimum atomic E-state index is -1.02. The predicted molar refractivity (Wildman–Crippen MR) is 132 cm³/mol. The average Bonchev–Trinajstić information content (AvgIpc) is 2.77. The molecule has 31 heavy (non-hydrogen) atoms. The van der Waals surface area contributed by atoms with Crippen molar-refractivity contribution in [2.45, 2.75) is 25.1 Å². The zero-order valence-corrected chi connectivity index (χ0v) is 19.2. The number of fused-ring (bicyclic) bond motifs is 1. The van der Waals surface area contributed by atoms with Crippen LogP contribution in [0.2, 0.25) is 0 Å². The van der Waals surface area contributed by atoms with Gasteiger partial charge in [0.05, 0.1) is 5.92 Å². The SMILES string of the molecule is Cc1ccc(CSC[C@H](NC(=O)C(CS)Cc2ccc3ccccc3c2)C(=O)O)cc1. The Morgan fingerprint density at radius 1 is 1.00 bits per heavy atom. The highest BCUT2D eigenvalue weighted by molar-refractivity contribution is 7.98. The second-order valence-corrected chi connectivity index (χ2v) is 9.06. The lowest BCUT2D eigenvalue weighted by Gasteiger charge is -2.19. The first-order chi connectivity index (χ1) is 15.0. The number of nitrogens with one attached hydrogen (secondary N) is 1. The minimum Gasteiger partial charge on any atom is -0.480 e. The molecule has 6 heteroatoms. The van der Waals surface area contributed by atoms with Gasteiger partial charge >= 0.3 is 5.97 Å². The second-order valence-electron chi connectivity index (χ2n) is 7.67. The van der Waals surface area contributed by atoms with E-state index in [0.717, 1.165) is 21.9 Å². The maximum Gasteiger partial charge on any atom is 0.327 e. The van der Waals surface area contributed by atoms with Gasteiger partial charge in [0.1, 0.15) is 6.04 Å². The molecule has 0 aromatic heterocycles. The Balaban J connectivity index is 1.58. The van der Waals surface area contributed by atoms with Crippen molar-refractivity contribution in [3.05, 3.63) is 83.4 Å². The molecule has 0 spiro atoms. The molecule has 0 bridgehead atoms. The van der Waals surface area contributed by atoms with Crippen LogP contribution in [0.25, 0.3) is 10.8 Å². The van der Waals surface area contributed by atoms with Crippen LogP contribution >= 0.6 is 24.4 Å². The second kappa shape index (κ2) is 11.3. The summed E-state index contributed by atoms with van der Waals surface area (Å²) in [6.45, 7) is 2.03. The van der Waals surface area contributed by atoms with E-state index in [1.807, 2.05) is 67.6 Å². The molecule has 0 aliphatic rings. The van der Waals surface area contributed by atoms with Crippen molar-refractivity contribution in [2.24, 2.45) is 5.92 Å². The molecular weight excluding hydrogens is 426 g/mol. The first-order valence-electron chi connectivity index (χ1n) is 10.2. The van der Waals surface area contributed by atoms with Crippen LogP contribution in [0.1, 0.15) is 16.7 Å². The predicted octanol–water partition coefficient (Wildman–Crippen LogP) is 4.74. The Hall–Kier alpha value is -2.44. The highest BCUT2D eigenvalue weighted by Gasteiger charge is 2.25. The maximum absolute atomic E-state index is 12.8. The molecule has 0 heterocycles. The van der Waals surface area contributed by atoms with Gasteiger partial charge in [0, 0.05) is 17.3 Å². The molecule has 0 saturated heterocycles. The summed E-state index contributed by atoms with van der Waals surface area (Å²) in [5, 5.41) is 14.6. The Morgan fingerprint density at radius 2 is 1.68 bits per heavy atom. The van der Waals surface area contributed by atoms with Gasteiger partial charge in [-0.25, -0.2) is 4.79 Å². The summed E-state index contributed by atoms with van der Waals surface area (Å²) in [6.07, 6.45) is 0.517. The lowest BCUT2D eigenvalue weighted by molar-refractivity contribution is -0.141. The van der Waals surface area contributed by atoms with Gasteiger partial charge in [0.25, 0.3) is 0 Å². The van der Waals surface area contributed by atoms with Crippen LogP contribution in [0.15, 0.2) is 66.7 Å². The van der Waals surface area contributed by atoms with E-state index in [2.05, 4.69) is 24.0 Å². The van der Waals surface area contributed by atoms with E-state index in [1.54, 1.807) is 0 Å². The van der Waals surface area contributed by atoms with Gasteiger partial charge in [-0.3, -0.25) is 4.79 Å². The third-order valence-corrected chi connectivity index (χ3v) is 6.72. The number of thiol groups is 1. The van der Waals surface area contributed by atoms with Crippen LogP contribution in [0, 0.1) is 12.8 Å². The molecule has 2 N–H and O–H groups in total. The van der Waals surface area contributed by atoms with Gasteiger partial charge in [-0.15, -0.1) is 0 Å². The molecule has 3 aromatic rings. The van der Waals surface area contributed by atoms with Crippen molar-refractivity contribution in [3.63, 3.8) is 0 Å². The summed E-state index contributed by atoms with van der Waals surface area (Å²) in [6, 6.07) is 21.4. The zero-order chi connectivity index (χ0) is 22.2. The van der Waals surface area contributed by atoms with Gasteiger partial charge in [0.15, 0.2) is 0 Å². The summed E-state index contributed by atoms with van der Waals surface area (Å²) in [4.78, 5) is 24.5. The first kappa shape index (κ1) is 23.2. The smallest absolute Gasteiger partial charge is 0.327 e. The van der Waals surface area contributed by atoms with Crippen LogP contribution in [0.3, 0.4) is 0 Å². The molecule has 4 nitrogen and oxygen atoms in total. The van der Waals surface area contributed by atoms with Crippen molar-refractivity contribution in [2.75, 3.05) is 11.5 Å². The van der Waals surface area contributed by atoms with Gasteiger partial charge in [-0.2, -0.15) is 24.4 Å². The lowest BCUT2D eigenvalue weighted by Crippen LogP contribution is -2.46. The number of carbonyl (C=O) groups excluding carboxylic acids is 1. The number of rotatable bonds is 10. The molecule has 0 aliphatic heterocycles. The number of thioether (sulfide) groups is 1. The number of carboxylic acids is 1. The summed E-state index contributed by atoms with van der Waals surface area (Å²) < 4.78 is 0. The number of aryl methyl sites for hydroxylation is 1. The Kier molecular flexibility index (Phi) is 8.43. The maximum atomic E-state index is 12.8. The molecule has 1 unspecified atom stereocenters. The average molecular weight is 454 g/mol. The lowest BCUT2D eigenvalue weighted by atomic mass is 9.97. The molecule has 3 rings (SSSR count). The van der Waals surface area contributed by atoms with Crippen LogP contribution < -0.4 is 5.32 Å². The molecule has 1 amide bonds. The first-order valence-corrected chi connectivity index (χ1v) is 12.0. The topological polar surface area (TPSA) is 66.4 Å². The largest absolute Gasteiger partial charge is 0.480 e. The van der Waals surface area contributed by atoms with Crippen molar-refractivity contribution >= 4 is 47.0 Å². The number of hydrogen-bond donors (Lipinski definition) is 3. The van der Waals surface area contributed by atoms with Crippen molar-refractivity contribution < 1.29 is 14.7 Å². The number of amides is 1. The highest BCUT2D eigenvalue weighted by atomic mass is 32.2. The molecular formula is C25H27NO3S2. The van der Waals surface area contributed by atoms with E-state index in [1.165, 1.54) is 17.3 Å². The van der Waals surface area contributed by atoms with E-state index < -0.39 is 17.9 Å². The molecule has 0 saturated carbocycles. The molecule has 2 atom stereocenters. The normalized spacial score (nSPS) is 13.0. The quantitative estimate of drug-likeness (QED) is 0.388. The monoisotopic (exact) mass is 453 g/mol. The van der Waals surface area contributed by atoms with E-state index in [0.29, 0.717) is 23.7 Å². The van der Waals surface area contributed by atoms with Crippen LogP contribution in [-0.2, 0) is 21.8 Å². The minimum absolute atomic E-state index is 0.272. The fraction of sp³-hybridized carbons (Fsp3) is 0.280. The summed E-state index contributed by atoms with van der Waals surface area (Å²) >= 11 is 5.85. The Labute approximate surface area is 192 Å². The van der Waals surface area contributed by atoms with Crippen LogP contribution in [-0.4, -0.2) is 34.5 Å². The van der Waals surface area contributed by atoms with Gasteiger partial charge in [-0.1, -0.05) is 72.3 Å². The van der Waals surface area contributed by atoms with Crippen molar-refractivity contribution in [1.29, 1.82) is 0 Å². The third-order valence-electron chi connectivity index (χ3n) is 5.18. The zero-order valence-electron chi connectivity index (χ0n) is 17.5. The molecule has 0 fully saturated rings. The number of aliphatic carboxylic acids is 1. The molecule has 162 valence electrons. The van der Waals surface area contributed by atoms with Gasteiger partial charge < -0.3 is 10.4 Å². The van der Waals surface area contributed by atoms with Crippen molar-refractivity contribution in [1.82, 2.24) is 5.32 Å². The van der Waals surface area contributed by atoms with Crippen LogP contribution in [0.5, 0.6) is 0 Å². The fourth-order valence-corrected chi connectivity index (χ4v) is 4.64. The Morgan fingerprint density at radius 3 is 2.35 bits per heavy atom. The van der Waals surface area contributed by atoms with E-state index >= 15 is 0 Å². The fourth-order valence-electron chi connectivity index (χ4n) is 3.33. The number of hydrogen-bond acceptors (Lipinski definition) is 4.